The van der Waals surface area contributed by atoms with Crippen molar-refractivity contribution in [2.75, 3.05) is 20.8 Å². The highest BCUT2D eigenvalue weighted by Crippen LogP contribution is 2.42. The molecule has 20 heavy (non-hydrogen) atoms. The van der Waals surface area contributed by atoms with Crippen LogP contribution in [0.3, 0.4) is 0 Å². The van der Waals surface area contributed by atoms with Gasteiger partial charge in [0.1, 0.15) is 5.82 Å². The van der Waals surface area contributed by atoms with Crippen LogP contribution in [0.5, 0.6) is 11.5 Å². The molecule has 0 unspecified atom stereocenters. The van der Waals surface area contributed by atoms with Gasteiger partial charge in [-0.2, -0.15) is 0 Å². The molecule has 2 aromatic rings. The Morgan fingerprint density at radius 3 is 2.50 bits per heavy atom. The van der Waals surface area contributed by atoms with Crippen LogP contribution in [-0.2, 0) is 6.42 Å². The van der Waals surface area contributed by atoms with Gasteiger partial charge in [0.15, 0.2) is 11.5 Å². The van der Waals surface area contributed by atoms with Crippen molar-refractivity contribution >= 4 is 11.0 Å². The zero-order valence-electron chi connectivity index (χ0n) is 12.0. The number of hydrogen-bond acceptors (Lipinski definition) is 4. The molecule has 0 amide bonds. The average Bonchev–Trinajstić information content (AvgIpc) is 2.82. The molecule has 1 aromatic carbocycles. The van der Waals surface area contributed by atoms with Crippen LogP contribution in [0.2, 0.25) is 0 Å². The lowest BCUT2D eigenvalue weighted by Gasteiger charge is -2.40. The van der Waals surface area contributed by atoms with Crippen LogP contribution >= 0.6 is 0 Å². The Bertz CT molecular complexity index is 570. The van der Waals surface area contributed by atoms with E-state index in [1.54, 1.807) is 14.2 Å². The van der Waals surface area contributed by atoms with Crippen molar-refractivity contribution < 1.29 is 9.47 Å². The predicted molar refractivity (Wildman–Crippen MR) is 78.2 cm³/mol. The normalized spacial score (nSPS) is 16.9. The largest absolute Gasteiger partial charge is 0.493 e. The van der Waals surface area contributed by atoms with Gasteiger partial charge < -0.3 is 20.2 Å². The standard InChI is InChI=1S/C15H21N3O2/c1-19-12-6-10-11(7-13(12)20-2)18-14(17-10)8-15(9-16)4-3-5-15/h6-7H,3-5,8-9,16H2,1-2H3,(H,17,18). The van der Waals surface area contributed by atoms with Gasteiger partial charge in [0, 0.05) is 18.6 Å². The third-order valence-electron chi connectivity index (χ3n) is 4.43. The summed E-state index contributed by atoms with van der Waals surface area (Å²) in [6, 6.07) is 3.84. The highest BCUT2D eigenvalue weighted by Gasteiger charge is 2.36. The molecule has 1 aromatic heterocycles. The van der Waals surface area contributed by atoms with E-state index in [9.17, 15) is 0 Å². The minimum atomic E-state index is 0.252. The topological polar surface area (TPSA) is 73.2 Å². The Labute approximate surface area is 118 Å². The number of hydrogen-bond donors (Lipinski definition) is 2. The molecular formula is C15H21N3O2. The van der Waals surface area contributed by atoms with Crippen molar-refractivity contribution in [3.8, 4) is 11.5 Å². The van der Waals surface area contributed by atoms with E-state index in [1.165, 1.54) is 19.3 Å². The average molecular weight is 275 g/mol. The van der Waals surface area contributed by atoms with Gasteiger partial charge in [-0.3, -0.25) is 0 Å². The molecule has 1 aliphatic carbocycles. The number of aromatic amines is 1. The van der Waals surface area contributed by atoms with Crippen LogP contribution in [0.25, 0.3) is 11.0 Å². The summed E-state index contributed by atoms with van der Waals surface area (Å²) in [7, 11) is 3.27. The Kier molecular flexibility index (Phi) is 3.30. The van der Waals surface area contributed by atoms with E-state index in [-0.39, 0.29) is 5.41 Å². The van der Waals surface area contributed by atoms with Gasteiger partial charge in [-0.05, 0) is 24.8 Å². The first-order valence-corrected chi connectivity index (χ1v) is 7.00. The Morgan fingerprint density at radius 1 is 1.25 bits per heavy atom. The van der Waals surface area contributed by atoms with Crippen LogP contribution < -0.4 is 15.2 Å². The Morgan fingerprint density at radius 2 is 1.95 bits per heavy atom. The second-order valence-electron chi connectivity index (χ2n) is 5.64. The van der Waals surface area contributed by atoms with Gasteiger partial charge in [0.25, 0.3) is 0 Å². The number of benzene rings is 1. The summed E-state index contributed by atoms with van der Waals surface area (Å²) < 4.78 is 10.6. The van der Waals surface area contributed by atoms with Gasteiger partial charge in [-0.25, -0.2) is 4.98 Å². The lowest BCUT2D eigenvalue weighted by Crippen LogP contribution is -2.39. The fourth-order valence-electron chi connectivity index (χ4n) is 2.96. The number of H-pyrrole nitrogens is 1. The third-order valence-corrected chi connectivity index (χ3v) is 4.43. The van der Waals surface area contributed by atoms with E-state index in [2.05, 4.69) is 9.97 Å². The summed E-state index contributed by atoms with van der Waals surface area (Å²) in [4.78, 5) is 8.04. The minimum absolute atomic E-state index is 0.252. The number of imidazole rings is 1. The summed E-state index contributed by atoms with van der Waals surface area (Å²) >= 11 is 0. The number of nitrogens with zero attached hydrogens (tertiary/aromatic N) is 1. The highest BCUT2D eigenvalue weighted by atomic mass is 16.5. The van der Waals surface area contributed by atoms with Gasteiger partial charge in [-0.15, -0.1) is 0 Å². The Balaban J connectivity index is 1.94. The maximum atomic E-state index is 5.92. The van der Waals surface area contributed by atoms with Crippen LogP contribution in [0.15, 0.2) is 12.1 Å². The van der Waals surface area contributed by atoms with Gasteiger partial charge in [0.2, 0.25) is 0 Å². The van der Waals surface area contributed by atoms with Crippen molar-refractivity contribution in [2.24, 2.45) is 11.1 Å². The molecule has 1 saturated carbocycles. The first-order chi connectivity index (χ1) is 9.69. The highest BCUT2D eigenvalue weighted by molar-refractivity contribution is 5.79. The molecule has 5 nitrogen and oxygen atoms in total. The van der Waals surface area contributed by atoms with Crippen molar-refractivity contribution in [1.29, 1.82) is 0 Å². The first-order valence-electron chi connectivity index (χ1n) is 7.00. The molecule has 0 bridgehead atoms. The summed E-state index contributed by atoms with van der Waals surface area (Å²) in [5, 5.41) is 0. The Hall–Kier alpha value is -1.75. The minimum Gasteiger partial charge on any atom is -0.493 e. The maximum Gasteiger partial charge on any atom is 0.163 e. The fraction of sp³-hybridized carbons (Fsp3) is 0.533. The van der Waals surface area contributed by atoms with E-state index < -0.39 is 0 Å². The molecule has 0 saturated heterocycles. The number of rotatable bonds is 5. The number of aromatic nitrogens is 2. The monoisotopic (exact) mass is 275 g/mol. The predicted octanol–water partition coefficient (Wildman–Crippen LogP) is 2.25. The van der Waals surface area contributed by atoms with Gasteiger partial charge in [-0.1, -0.05) is 6.42 Å². The van der Waals surface area contributed by atoms with Crippen LogP contribution in [0.1, 0.15) is 25.1 Å². The van der Waals surface area contributed by atoms with Gasteiger partial charge >= 0.3 is 0 Å². The van der Waals surface area contributed by atoms with Crippen LogP contribution in [0, 0.1) is 5.41 Å². The second-order valence-corrected chi connectivity index (χ2v) is 5.64. The first kappa shape index (κ1) is 13.2. The molecule has 5 heteroatoms. The molecule has 0 radical (unpaired) electrons. The molecule has 3 rings (SSSR count). The number of methoxy groups -OCH3 is 2. The molecule has 108 valence electrons. The molecule has 0 atom stereocenters. The number of ether oxygens (including phenoxy) is 2. The number of fused-ring (bicyclic) bond motifs is 1. The van der Waals surface area contributed by atoms with Crippen LogP contribution in [0.4, 0.5) is 0 Å². The van der Waals surface area contributed by atoms with E-state index in [4.69, 9.17) is 15.2 Å². The molecule has 1 aliphatic rings. The molecule has 3 N–H and O–H groups in total. The van der Waals surface area contributed by atoms with Crippen LogP contribution in [-0.4, -0.2) is 30.7 Å². The van der Waals surface area contributed by atoms with E-state index in [0.717, 1.165) is 29.8 Å². The zero-order valence-corrected chi connectivity index (χ0v) is 12.0. The summed E-state index contributed by atoms with van der Waals surface area (Å²) in [5.74, 6) is 2.42. The lowest BCUT2D eigenvalue weighted by molar-refractivity contribution is 0.142. The number of nitrogens with two attached hydrogens (primary N) is 1. The molecule has 0 spiro atoms. The SMILES string of the molecule is COc1cc2nc(CC3(CN)CCC3)[nH]c2cc1OC. The summed E-state index contributed by atoms with van der Waals surface area (Å²) in [6.07, 6.45) is 4.60. The zero-order chi connectivity index (χ0) is 14.2. The molecule has 1 fully saturated rings. The van der Waals surface area contributed by atoms with Crippen molar-refractivity contribution in [3.05, 3.63) is 18.0 Å². The second kappa shape index (κ2) is 4.98. The third kappa shape index (κ3) is 2.12. The van der Waals surface area contributed by atoms with E-state index >= 15 is 0 Å². The quantitative estimate of drug-likeness (QED) is 0.877. The lowest BCUT2D eigenvalue weighted by atomic mass is 9.66. The fourth-order valence-corrected chi connectivity index (χ4v) is 2.96. The van der Waals surface area contributed by atoms with Crippen molar-refractivity contribution in [3.63, 3.8) is 0 Å². The summed E-state index contributed by atoms with van der Waals surface area (Å²) in [6.45, 7) is 0.733. The van der Waals surface area contributed by atoms with Crippen molar-refractivity contribution in [1.82, 2.24) is 9.97 Å². The molecular weight excluding hydrogens is 254 g/mol. The van der Waals surface area contributed by atoms with E-state index in [0.29, 0.717) is 11.5 Å². The smallest absolute Gasteiger partial charge is 0.163 e. The molecule has 1 heterocycles. The summed E-state index contributed by atoms with van der Waals surface area (Å²) in [5.41, 5.74) is 8.06. The van der Waals surface area contributed by atoms with Gasteiger partial charge in [0.05, 0.1) is 25.3 Å². The molecule has 0 aliphatic heterocycles. The maximum absolute atomic E-state index is 5.92. The van der Waals surface area contributed by atoms with E-state index in [1.807, 2.05) is 12.1 Å². The number of nitrogens with one attached hydrogen (secondary N) is 1. The van der Waals surface area contributed by atoms with Crippen molar-refractivity contribution in [2.45, 2.75) is 25.7 Å².